The molecule has 0 spiro atoms. The van der Waals surface area contributed by atoms with Crippen LogP contribution in [0.25, 0.3) is 0 Å². The number of halogens is 2. The molecule has 0 radical (unpaired) electrons. The van der Waals surface area contributed by atoms with E-state index in [-0.39, 0.29) is 17.9 Å². The zero-order valence-electron chi connectivity index (χ0n) is 16.8. The van der Waals surface area contributed by atoms with Gasteiger partial charge >= 0.3 is 0 Å². The minimum Gasteiger partial charge on any atom is -0.508 e. The van der Waals surface area contributed by atoms with Crippen LogP contribution >= 0.6 is 0 Å². The van der Waals surface area contributed by atoms with Gasteiger partial charge in [-0.1, -0.05) is 36.4 Å². The van der Waals surface area contributed by atoms with Crippen LogP contribution in [-0.2, 0) is 11.8 Å². The summed E-state index contributed by atoms with van der Waals surface area (Å²) in [5.74, 6) is -2.51. The fourth-order valence-corrected chi connectivity index (χ4v) is 4.04. The molecular formula is C26H20F2O4. The molecule has 0 aliphatic heterocycles. The normalized spacial score (nSPS) is 11.4. The molecule has 0 aliphatic carbocycles. The van der Waals surface area contributed by atoms with E-state index in [1.54, 1.807) is 36.4 Å². The number of phenolic OH excluding ortho intramolecular Hbond substituents is 4. The van der Waals surface area contributed by atoms with Gasteiger partial charge in [-0.25, -0.2) is 8.78 Å². The van der Waals surface area contributed by atoms with Crippen LogP contribution in [0.1, 0.15) is 22.3 Å². The quantitative estimate of drug-likeness (QED) is 0.319. The molecule has 4 rings (SSSR count). The van der Waals surface area contributed by atoms with Gasteiger partial charge in [-0.05, 0) is 77.2 Å². The lowest BCUT2D eigenvalue weighted by molar-refractivity contribution is 0.429. The van der Waals surface area contributed by atoms with Crippen LogP contribution in [0.3, 0.4) is 0 Å². The summed E-state index contributed by atoms with van der Waals surface area (Å²) in [5, 5.41) is 39.0. The standard InChI is InChI=1S/C26H20F2O4/c27-22-13-16(1-11-24(22)31)15-26(17-2-7-20(29)8-3-17,18-4-9-21(30)10-5-18)19-6-12-25(32)23(28)14-19/h1-14,29-32H,15H2. The third kappa shape index (κ3) is 3.83. The monoisotopic (exact) mass is 434 g/mol. The summed E-state index contributed by atoms with van der Waals surface area (Å²) >= 11 is 0. The van der Waals surface area contributed by atoms with E-state index in [9.17, 15) is 29.2 Å². The van der Waals surface area contributed by atoms with Gasteiger partial charge in [-0.3, -0.25) is 0 Å². The van der Waals surface area contributed by atoms with Crippen molar-refractivity contribution in [2.45, 2.75) is 11.8 Å². The largest absolute Gasteiger partial charge is 0.508 e. The third-order valence-corrected chi connectivity index (χ3v) is 5.64. The average Bonchev–Trinajstić information content (AvgIpc) is 2.78. The Morgan fingerprint density at radius 1 is 0.531 bits per heavy atom. The van der Waals surface area contributed by atoms with E-state index in [1.807, 2.05) is 0 Å². The molecule has 0 heterocycles. The molecule has 4 nitrogen and oxygen atoms in total. The number of benzene rings is 4. The number of phenols is 4. The molecule has 4 N–H and O–H groups in total. The predicted octanol–water partition coefficient (Wildman–Crippen LogP) is 5.36. The smallest absolute Gasteiger partial charge is 0.165 e. The highest BCUT2D eigenvalue weighted by Crippen LogP contribution is 2.44. The van der Waals surface area contributed by atoms with Crippen molar-refractivity contribution in [1.29, 1.82) is 0 Å². The fraction of sp³-hybridized carbons (Fsp3) is 0.0769. The molecule has 0 unspecified atom stereocenters. The second-order valence-corrected chi connectivity index (χ2v) is 7.63. The molecular weight excluding hydrogens is 414 g/mol. The first-order valence-corrected chi connectivity index (χ1v) is 9.85. The van der Waals surface area contributed by atoms with E-state index in [4.69, 9.17) is 0 Å². The lowest BCUT2D eigenvalue weighted by Crippen LogP contribution is -2.32. The van der Waals surface area contributed by atoms with E-state index >= 15 is 0 Å². The topological polar surface area (TPSA) is 80.9 Å². The Kier molecular flexibility index (Phi) is 5.45. The molecule has 0 aromatic heterocycles. The first-order chi connectivity index (χ1) is 15.3. The predicted molar refractivity (Wildman–Crippen MR) is 116 cm³/mol. The first kappa shape index (κ1) is 21.2. The van der Waals surface area contributed by atoms with Gasteiger partial charge in [0.05, 0.1) is 0 Å². The minimum absolute atomic E-state index is 0.0425. The summed E-state index contributed by atoms with van der Waals surface area (Å²) in [7, 11) is 0. The Balaban J connectivity index is 2.04. The van der Waals surface area contributed by atoms with E-state index < -0.39 is 28.5 Å². The molecule has 4 aromatic rings. The fourth-order valence-electron chi connectivity index (χ4n) is 4.04. The van der Waals surface area contributed by atoms with Gasteiger partial charge in [-0.2, -0.15) is 0 Å². The highest BCUT2D eigenvalue weighted by molar-refractivity contribution is 5.54. The highest BCUT2D eigenvalue weighted by Gasteiger charge is 2.37. The van der Waals surface area contributed by atoms with Crippen molar-refractivity contribution in [2.75, 3.05) is 0 Å². The van der Waals surface area contributed by atoms with Crippen molar-refractivity contribution >= 4 is 0 Å². The van der Waals surface area contributed by atoms with Crippen molar-refractivity contribution in [2.24, 2.45) is 0 Å². The van der Waals surface area contributed by atoms with Crippen LogP contribution in [-0.4, -0.2) is 20.4 Å². The van der Waals surface area contributed by atoms with Gasteiger partial charge in [-0.15, -0.1) is 0 Å². The molecule has 0 aliphatic rings. The molecule has 0 saturated heterocycles. The molecule has 4 aromatic carbocycles. The molecule has 0 saturated carbocycles. The van der Waals surface area contributed by atoms with Crippen LogP contribution < -0.4 is 0 Å². The molecule has 0 fully saturated rings. The Labute approximate surface area is 183 Å². The maximum atomic E-state index is 14.5. The molecule has 6 heteroatoms. The Hall–Kier alpha value is -4.06. The number of hydrogen-bond donors (Lipinski definition) is 4. The molecule has 32 heavy (non-hydrogen) atoms. The molecule has 0 amide bonds. The van der Waals surface area contributed by atoms with Crippen LogP contribution in [0.5, 0.6) is 23.0 Å². The second kappa shape index (κ2) is 8.23. The summed E-state index contributed by atoms with van der Waals surface area (Å²) in [6, 6.07) is 20.8. The van der Waals surface area contributed by atoms with Gasteiger partial charge in [0.2, 0.25) is 0 Å². The van der Waals surface area contributed by atoms with Gasteiger partial charge in [0.25, 0.3) is 0 Å². The maximum absolute atomic E-state index is 14.5. The Morgan fingerprint density at radius 3 is 1.44 bits per heavy atom. The van der Waals surface area contributed by atoms with Crippen molar-refractivity contribution < 1.29 is 29.2 Å². The van der Waals surface area contributed by atoms with Crippen LogP contribution in [0.4, 0.5) is 8.78 Å². The zero-order valence-corrected chi connectivity index (χ0v) is 16.8. The van der Waals surface area contributed by atoms with Gasteiger partial charge < -0.3 is 20.4 Å². The second-order valence-electron chi connectivity index (χ2n) is 7.63. The number of aromatic hydroxyl groups is 4. The minimum atomic E-state index is -1.08. The number of rotatable bonds is 5. The van der Waals surface area contributed by atoms with Crippen LogP contribution in [0, 0.1) is 11.6 Å². The Morgan fingerprint density at radius 2 is 0.969 bits per heavy atom. The molecule has 162 valence electrons. The summed E-state index contributed by atoms with van der Waals surface area (Å²) in [4.78, 5) is 0. The summed E-state index contributed by atoms with van der Waals surface area (Å²) in [6.45, 7) is 0. The van der Waals surface area contributed by atoms with Crippen molar-refractivity contribution in [1.82, 2.24) is 0 Å². The van der Waals surface area contributed by atoms with Crippen molar-refractivity contribution in [3.63, 3.8) is 0 Å². The highest BCUT2D eigenvalue weighted by atomic mass is 19.1. The van der Waals surface area contributed by atoms with Gasteiger partial charge in [0.1, 0.15) is 11.5 Å². The van der Waals surface area contributed by atoms with Gasteiger partial charge in [0.15, 0.2) is 23.1 Å². The molecule has 0 bridgehead atoms. The zero-order chi connectivity index (χ0) is 22.9. The lowest BCUT2D eigenvalue weighted by atomic mass is 9.66. The van der Waals surface area contributed by atoms with E-state index in [0.29, 0.717) is 22.3 Å². The lowest BCUT2D eigenvalue weighted by Gasteiger charge is -2.36. The van der Waals surface area contributed by atoms with Gasteiger partial charge in [0, 0.05) is 5.41 Å². The Bertz CT molecular complexity index is 1210. The first-order valence-electron chi connectivity index (χ1n) is 9.85. The third-order valence-electron chi connectivity index (χ3n) is 5.64. The van der Waals surface area contributed by atoms with Crippen LogP contribution in [0.2, 0.25) is 0 Å². The van der Waals surface area contributed by atoms with E-state index in [1.165, 1.54) is 48.5 Å². The summed E-state index contributed by atoms with van der Waals surface area (Å²) in [5.41, 5.74) is 1.24. The van der Waals surface area contributed by atoms with E-state index in [2.05, 4.69) is 0 Å². The van der Waals surface area contributed by atoms with E-state index in [0.717, 1.165) is 0 Å². The summed E-state index contributed by atoms with van der Waals surface area (Å²) < 4.78 is 28.7. The maximum Gasteiger partial charge on any atom is 0.165 e. The number of hydrogen-bond acceptors (Lipinski definition) is 4. The SMILES string of the molecule is Oc1ccc(C(Cc2ccc(O)c(F)c2)(c2ccc(O)cc2)c2ccc(O)c(F)c2)cc1. The summed E-state index contributed by atoms with van der Waals surface area (Å²) in [6.07, 6.45) is 0.157. The van der Waals surface area contributed by atoms with Crippen molar-refractivity contribution in [3.05, 3.63) is 119 Å². The van der Waals surface area contributed by atoms with Crippen molar-refractivity contribution in [3.8, 4) is 23.0 Å². The van der Waals surface area contributed by atoms with Crippen LogP contribution in [0.15, 0.2) is 84.9 Å². The molecule has 0 atom stereocenters. The average molecular weight is 434 g/mol.